The van der Waals surface area contributed by atoms with Gasteiger partial charge in [-0.1, -0.05) is 12.1 Å². The molecule has 0 spiro atoms. The van der Waals surface area contributed by atoms with Gasteiger partial charge in [0.25, 0.3) is 5.91 Å². The fourth-order valence-electron chi connectivity index (χ4n) is 2.93. The van der Waals surface area contributed by atoms with E-state index in [4.69, 9.17) is 0 Å². The van der Waals surface area contributed by atoms with Crippen LogP contribution in [0.25, 0.3) is 0 Å². The van der Waals surface area contributed by atoms with Crippen molar-refractivity contribution in [2.45, 2.75) is 38.5 Å². The minimum atomic E-state index is -0.582. The number of amides is 1. The summed E-state index contributed by atoms with van der Waals surface area (Å²) < 4.78 is 14.8. The van der Waals surface area contributed by atoms with Gasteiger partial charge >= 0.3 is 0 Å². The van der Waals surface area contributed by atoms with Crippen molar-refractivity contribution < 1.29 is 14.3 Å². The van der Waals surface area contributed by atoms with Crippen LogP contribution in [0.15, 0.2) is 36.5 Å². The zero-order valence-electron chi connectivity index (χ0n) is 13.2. The van der Waals surface area contributed by atoms with Crippen molar-refractivity contribution in [2.75, 3.05) is 6.54 Å². The first-order valence-corrected chi connectivity index (χ1v) is 7.75. The largest absolute Gasteiger partial charge is 0.391 e. The lowest BCUT2D eigenvalue weighted by atomic mass is 10.0. The Labute approximate surface area is 134 Å². The number of benzene rings is 1. The highest BCUT2D eigenvalue weighted by molar-refractivity contribution is 5.92. The van der Waals surface area contributed by atoms with Crippen molar-refractivity contribution in [1.82, 2.24) is 14.7 Å². The quantitative estimate of drug-likeness (QED) is 0.946. The molecule has 1 aromatic heterocycles. The van der Waals surface area contributed by atoms with Crippen LogP contribution in [-0.4, -0.2) is 38.3 Å². The molecule has 1 aliphatic heterocycles. The smallest absolute Gasteiger partial charge is 0.274 e. The molecular formula is C17H20FN3O2. The van der Waals surface area contributed by atoms with Crippen LogP contribution in [0.2, 0.25) is 0 Å². The van der Waals surface area contributed by atoms with Gasteiger partial charge in [0.1, 0.15) is 11.5 Å². The molecule has 0 bridgehead atoms. The van der Waals surface area contributed by atoms with Crippen LogP contribution in [0.5, 0.6) is 0 Å². The molecule has 0 saturated carbocycles. The summed E-state index contributed by atoms with van der Waals surface area (Å²) in [5.41, 5.74) is 1.18. The summed E-state index contributed by atoms with van der Waals surface area (Å²) in [4.78, 5) is 14.4. The number of aliphatic hydroxyl groups is 1. The van der Waals surface area contributed by atoms with Gasteiger partial charge in [0.05, 0.1) is 12.1 Å². The predicted octanol–water partition coefficient (Wildman–Crippen LogP) is 2.55. The normalized spacial score (nSPS) is 21.2. The zero-order valence-corrected chi connectivity index (χ0v) is 13.2. The van der Waals surface area contributed by atoms with Crippen LogP contribution in [0, 0.1) is 5.82 Å². The van der Waals surface area contributed by atoms with E-state index in [1.165, 1.54) is 12.1 Å². The average molecular weight is 317 g/mol. The van der Waals surface area contributed by atoms with E-state index in [1.807, 2.05) is 13.8 Å². The van der Waals surface area contributed by atoms with Gasteiger partial charge in [-0.2, -0.15) is 5.10 Å². The highest BCUT2D eigenvalue weighted by atomic mass is 19.1. The molecule has 1 saturated heterocycles. The molecule has 1 N–H and O–H groups in total. The standard InChI is InChI=1S/C17H20FN3O2/c1-11(2)21-8-7-15(19-21)17(23)20-10-14(22)9-16(20)12-3-5-13(18)6-4-12/h3-8,11,14,16,22H,9-10H2,1-2H3/t14-,16-/m0/s1. The number of aliphatic hydroxyl groups excluding tert-OH is 1. The third-order valence-electron chi connectivity index (χ3n) is 4.15. The fraction of sp³-hybridized carbons (Fsp3) is 0.412. The predicted molar refractivity (Wildman–Crippen MR) is 83.4 cm³/mol. The molecule has 1 aliphatic rings. The third kappa shape index (κ3) is 3.12. The van der Waals surface area contributed by atoms with Crippen molar-refractivity contribution in [3.8, 4) is 0 Å². The first-order valence-electron chi connectivity index (χ1n) is 7.75. The van der Waals surface area contributed by atoms with E-state index in [0.29, 0.717) is 12.1 Å². The Morgan fingerprint density at radius 1 is 1.30 bits per heavy atom. The Morgan fingerprint density at radius 2 is 2.00 bits per heavy atom. The van der Waals surface area contributed by atoms with Gasteiger partial charge < -0.3 is 10.0 Å². The van der Waals surface area contributed by atoms with Crippen molar-refractivity contribution in [1.29, 1.82) is 0 Å². The first kappa shape index (κ1) is 15.7. The summed E-state index contributed by atoms with van der Waals surface area (Å²) in [7, 11) is 0. The molecule has 1 amide bonds. The van der Waals surface area contributed by atoms with E-state index < -0.39 is 6.10 Å². The van der Waals surface area contributed by atoms with E-state index in [-0.39, 0.29) is 30.4 Å². The summed E-state index contributed by atoms with van der Waals surface area (Å²) in [6.07, 6.45) is 1.64. The minimum Gasteiger partial charge on any atom is -0.391 e. The average Bonchev–Trinajstić information content (AvgIpc) is 3.14. The molecule has 2 heterocycles. The van der Waals surface area contributed by atoms with Gasteiger partial charge in [0.2, 0.25) is 0 Å². The maximum absolute atomic E-state index is 13.1. The van der Waals surface area contributed by atoms with Gasteiger partial charge in [0.15, 0.2) is 0 Å². The minimum absolute atomic E-state index is 0.175. The molecule has 2 aromatic rings. The Morgan fingerprint density at radius 3 is 2.61 bits per heavy atom. The number of hydrogen-bond acceptors (Lipinski definition) is 3. The Hall–Kier alpha value is -2.21. The van der Waals surface area contributed by atoms with Gasteiger partial charge in [-0.3, -0.25) is 9.48 Å². The number of halogens is 1. The molecular weight excluding hydrogens is 297 g/mol. The van der Waals surface area contributed by atoms with Gasteiger partial charge in [-0.25, -0.2) is 4.39 Å². The highest BCUT2D eigenvalue weighted by Gasteiger charge is 2.36. The summed E-state index contributed by atoms with van der Waals surface area (Å²) in [5, 5.41) is 14.3. The molecule has 6 heteroatoms. The highest BCUT2D eigenvalue weighted by Crippen LogP contribution is 2.33. The molecule has 23 heavy (non-hydrogen) atoms. The number of nitrogens with zero attached hydrogens (tertiary/aromatic N) is 3. The van der Waals surface area contributed by atoms with Crippen molar-refractivity contribution in [2.24, 2.45) is 0 Å². The zero-order chi connectivity index (χ0) is 16.6. The van der Waals surface area contributed by atoms with Gasteiger partial charge in [-0.05, 0) is 44.0 Å². The second-order valence-electron chi connectivity index (χ2n) is 6.19. The molecule has 2 atom stereocenters. The van der Waals surface area contributed by atoms with E-state index in [2.05, 4.69) is 5.10 Å². The van der Waals surface area contributed by atoms with Crippen LogP contribution in [0.4, 0.5) is 4.39 Å². The molecule has 0 unspecified atom stereocenters. The monoisotopic (exact) mass is 317 g/mol. The Balaban J connectivity index is 1.86. The number of hydrogen-bond donors (Lipinski definition) is 1. The van der Waals surface area contributed by atoms with Crippen LogP contribution < -0.4 is 0 Å². The Bertz CT molecular complexity index is 696. The van der Waals surface area contributed by atoms with Crippen LogP contribution in [0.3, 0.4) is 0 Å². The summed E-state index contributed by atoms with van der Waals surface area (Å²) in [5.74, 6) is -0.531. The van der Waals surface area contributed by atoms with Crippen LogP contribution >= 0.6 is 0 Å². The number of β-amino-alcohol motifs (C(OH)–C–C–N with tert-alkyl or cyclic N) is 1. The molecule has 0 radical (unpaired) electrons. The lowest BCUT2D eigenvalue weighted by Crippen LogP contribution is -2.32. The molecule has 1 fully saturated rings. The summed E-state index contributed by atoms with van der Waals surface area (Å²) in [6, 6.07) is 7.66. The third-order valence-corrected chi connectivity index (χ3v) is 4.15. The summed E-state index contributed by atoms with van der Waals surface area (Å²) >= 11 is 0. The van der Waals surface area contributed by atoms with E-state index in [0.717, 1.165) is 5.56 Å². The van der Waals surface area contributed by atoms with Gasteiger partial charge in [0, 0.05) is 18.8 Å². The molecule has 0 aliphatic carbocycles. The number of likely N-dealkylation sites (tertiary alicyclic amines) is 1. The second kappa shape index (κ2) is 6.12. The molecule has 5 nitrogen and oxygen atoms in total. The van der Waals surface area contributed by atoms with Crippen molar-refractivity contribution >= 4 is 5.91 Å². The number of rotatable bonds is 3. The van der Waals surface area contributed by atoms with Crippen LogP contribution in [0.1, 0.15) is 48.4 Å². The second-order valence-corrected chi connectivity index (χ2v) is 6.19. The molecule has 1 aromatic carbocycles. The SMILES string of the molecule is CC(C)n1ccc(C(=O)N2C[C@@H](O)C[C@H]2c2ccc(F)cc2)n1. The topological polar surface area (TPSA) is 58.4 Å². The fourth-order valence-corrected chi connectivity index (χ4v) is 2.93. The maximum Gasteiger partial charge on any atom is 0.274 e. The van der Waals surface area contributed by atoms with E-state index in [9.17, 15) is 14.3 Å². The number of aromatic nitrogens is 2. The van der Waals surface area contributed by atoms with Crippen molar-refractivity contribution in [3.05, 3.63) is 53.6 Å². The maximum atomic E-state index is 13.1. The number of carbonyl (C=O) groups excluding carboxylic acids is 1. The molecule has 122 valence electrons. The van der Waals surface area contributed by atoms with Gasteiger partial charge in [-0.15, -0.1) is 0 Å². The number of carbonyl (C=O) groups is 1. The summed E-state index contributed by atoms with van der Waals surface area (Å²) in [6.45, 7) is 4.24. The van der Waals surface area contributed by atoms with E-state index >= 15 is 0 Å². The van der Waals surface area contributed by atoms with E-state index in [1.54, 1.807) is 34.0 Å². The molecule has 3 rings (SSSR count). The van der Waals surface area contributed by atoms with Crippen molar-refractivity contribution in [3.63, 3.8) is 0 Å². The lowest BCUT2D eigenvalue weighted by molar-refractivity contribution is 0.0708. The Kier molecular flexibility index (Phi) is 4.17. The lowest BCUT2D eigenvalue weighted by Gasteiger charge is -2.24. The first-order chi connectivity index (χ1) is 11.0. The van der Waals surface area contributed by atoms with Crippen LogP contribution in [-0.2, 0) is 0 Å².